The Bertz CT molecular complexity index is 1200. The molecule has 0 spiro atoms. The van der Waals surface area contributed by atoms with Crippen LogP contribution in [0.3, 0.4) is 0 Å². The van der Waals surface area contributed by atoms with Crippen LogP contribution in [0, 0.1) is 5.82 Å². The van der Waals surface area contributed by atoms with Crippen LogP contribution in [0.25, 0.3) is 22.0 Å². The van der Waals surface area contributed by atoms with Gasteiger partial charge in [0.05, 0.1) is 5.69 Å². The molecular formula is C24H21FN4O. The number of nitrogens with zero attached hydrogens (tertiary/aromatic N) is 3. The van der Waals surface area contributed by atoms with E-state index in [1.54, 1.807) is 18.3 Å². The Morgan fingerprint density at radius 3 is 2.70 bits per heavy atom. The van der Waals surface area contributed by atoms with Gasteiger partial charge in [0, 0.05) is 41.8 Å². The fourth-order valence-corrected chi connectivity index (χ4v) is 4.09. The molecule has 5 nitrogen and oxygen atoms in total. The third-order valence-electron chi connectivity index (χ3n) is 5.74. The quantitative estimate of drug-likeness (QED) is 0.538. The van der Waals surface area contributed by atoms with Gasteiger partial charge in [0.25, 0.3) is 5.91 Å². The van der Waals surface area contributed by atoms with Gasteiger partial charge in [0.2, 0.25) is 0 Å². The van der Waals surface area contributed by atoms with E-state index < -0.39 is 0 Å². The highest BCUT2D eigenvalue weighted by atomic mass is 19.1. The van der Waals surface area contributed by atoms with E-state index in [1.165, 1.54) is 12.1 Å². The molecule has 1 N–H and O–H groups in total. The lowest BCUT2D eigenvalue weighted by Gasteiger charge is -2.32. The summed E-state index contributed by atoms with van der Waals surface area (Å²) in [6.07, 6.45) is 3.67. The van der Waals surface area contributed by atoms with Crippen LogP contribution in [0.15, 0.2) is 66.9 Å². The normalized spacial score (nSPS) is 16.7. The van der Waals surface area contributed by atoms with E-state index >= 15 is 0 Å². The van der Waals surface area contributed by atoms with Crippen molar-refractivity contribution in [3.8, 4) is 11.3 Å². The van der Waals surface area contributed by atoms with Crippen molar-refractivity contribution in [1.82, 2.24) is 20.1 Å². The maximum Gasteiger partial charge on any atom is 0.272 e. The number of amides is 1. The standard InChI is InChI=1S/C24H21FN4O/c25-20-9-7-16(8-10-20)21-13-22(28-27-21)19-6-3-11-29(15-19)24(30)23-12-17-4-1-2-5-18(17)14-26-23/h1-2,4-5,7-10,12-14,19H,3,6,11,15H2,(H,27,28)/t19-/m0/s1. The van der Waals surface area contributed by atoms with Gasteiger partial charge in [0.1, 0.15) is 11.5 Å². The zero-order valence-corrected chi connectivity index (χ0v) is 16.4. The summed E-state index contributed by atoms with van der Waals surface area (Å²) in [5.74, 6) is -0.119. The Balaban J connectivity index is 1.34. The number of carbonyl (C=O) groups is 1. The number of likely N-dealkylation sites (tertiary alicyclic amines) is 1. The van der Waals surface area contributed by atoms with E-state index in [0.29, 0.717) is 12.2 Å². The Morgan fingerprint density at radius 1 is 1.07 bits per heavy atom. The van der Waals surface area contributed by atoms with Crippen LogP contribution in [0.2, 0.25) is 0 Å². The third kappa shape index (κ3) is 3.56. The molecule has 2 aromatic heterocycles. The Kier molecular flexibility index (Phi) is 4.75. The number of hydrogen-bond donors (Lipinski definition) is 1. The molecule has 1 saturated heterocycles. The summed E-state index contributed by atoms with van der Waals surface area (Å²) in [4.78, 5) is 19.3. The Hall–Kier alpha value is -3.54. The van der Waals surface area contributed by atoms with Gasteiger partial charge in [-0.05, 0) is 54.6 Å². The molecule has 0 aliphatic carbocycles. The SMILES string of the molecule is O=C(c1cc2ccccc2cn1)N1CCC[C@H](c2cc(-c3ccc(F)cc3)n[nH]2)C1. The van der Waals surface area contributed by atoms with Crippen molar-refractivity contribution in [2.24, 2.45) is 0 Å². The van der Waals surface area contributed by atoms with Crippen LogP contribution in [0.4, 0.5) is 4.39 Å². The average Bonchev–Trinajstić information content (AvgIpc) is 3.29. The summed E-state index contributed by atoms with van der Waals surface area (Å²) in [5, 5.41) is 9.55. The number of carbonyl (C=O) groups excluding carboxylic acids is 1. The molecule has 0 unspecified atom stereocenters. The van der Waals surface area contributed by atoms with Crippen LogP contribution >= 0.6 is 0 Å². The number of fused-ring (bicyclic) bond motifs is 1. The van der Waals surface area contributed by atoms with Crippen molar-refractivity contribution in [2.45, 2.75) is 18.8 Å². The topological polar surface area (TPSA) is 61.9 Å². The maximum atomic E-state index is 13.2. The number of aromatic amines is 1. The average molecular weight is 400 g/mol. The molecule has 1 aliphatic rings. The molecule has 1 aliphatic heterocycles. The minimum Gasteiger partial charge on any atom is -0.337 e. The highest BCUT2D eigenvalue weighted by Crippen LogP contribution is 2.29. The monoisotopic (exact) mass is 400 g/mol. The molecular weight excluding hydrogens is 379 g/mol. The Labute approximate surface area is 173 Å². The predicted molar refractivity (Wildman–Crippen MR) is 114 cm³/mol. The van der Waals surface area contributed by atoms with Crippen LogP contribution in [0.5, 0.6) is 0 Å². The first-order valence-corrected chi connectivity index (χ1v) is 10.1. The number of benzene rings is 2. The predicted octanol–water partition coefficient (Wildman–Crippen LogP) is 4.78. The number of H-pyrrole nitrogens is 1. The summed E-state index contributed by atoms with van der Waals surface area (Å²) in [5.41, 5.74) is 3.12. The van der Waals surface area contributed by atoms with Gasteiger partial charge in [-0.3, -0.25) is 14.9 Å². The smallest absolute Gasteiger partial charge is 0.272 e. The highest BCUT2D eigenvalue weighted by molar-refractivity contribution is 5.96. The molecule has 1 amide bonds. The number of hydrogen-bond acceptors (Lipinski definition) is 3. The summed E-state index contributed by atoms with van der Waals surface area (Å²) in [7, 11) is 0. The van der Waals surface area contributed by atoms with Gasteiger partial charge in [0.15, 0.2) is 0 Å². The number of rotatable bonds is 3. The summed E-state index contributed by atoms with van der Waals surface area (Å²) in [6, 6.07) is 18.1. The lowest BCUT2D eigenvalue weighted by atomic mass is 9.94. The van der Waals surface area contributed by atoms with E-state index in [9.17, 15) is 9.18 Å². The van der Waals surface area contributed by atoms with Gasteiger partial charge in [-0.15, -0.1) is 0 Å². The second-order valence-electron chi connectivity index (χ2n) is 7.72. The number of halogens is 1. The van der Waals surface area contributed by atoms with E-state index in [0.717, 1.165) is 47.1 Å². The number of nitrogens with one attached hydrogen (secondary N) is 1. The van der Waals surface area contributed by atoms with E-state index in [4.69, 9.17) is 0 Å². The molecule has 5 rings (SSSR count). The van der Waals surface area contributed by atoms with Crippen LogP contribution in [-0.4, -0.2) is 39.1 Å². The fourth-order valence-electron chi connectivity index (χ4n) is 4.09. The van der Waals surface area contributed by atoms with Gasteiger partial charge in [-0.2, -0.15) is 5.10 Å². The summed E-state index contributed by atoms with van der Waals surface area (Å²) >= 11 is 0. The van der Waals surface area contributed by atoms with Crippen LogP contribution < -0.4 is 0 Å². The van der Waals surface area contributed by atoms with E-state index in [2.05, 4.69) is 15.2 Å². The molecule has 4 aromatic rings. The van der Waals surface area contributed by atoms with Crippen molar-refractivity contribution in [2.75, 3.05) is 13.1 Å². The highest BCUT2D eigenvalue weighted by Gasteiger charge is 2.27. The minimum atomic E-state index is -0.266. The molecule has 0 radical (unpaired) electrons. The van der Waals surface area contributed by atoms with E-state index in [1.807, 2.05) is 41.3 Å². The summed E-state index contributed by atoms with van der Waals surface area (Å²) < 4.78 is 13.2. The lowest BCUT2D eigenvalue weighted by Crippen LogP contribution is -2.39. The van der Waals surface area contributed by atoms with Crippen molar-refractivity contribution in [3.05, 3.63) is 84.1 Å². The lowest BCUT2D eigenvalue weighted by molar-refractivity contribution is 0.0700. The van der Waals surface area contributed by atoms with Gasteiger partial charge in [-0.25, -0.2) is 4.39 Å². The van der Waals surface area contributed by atoms with Crippen molar-refractivity contribution in [3.63, 3.8) is 0 Å². The molecule has 2 aromatic carbocycles. The van der Waals surface area contributed by atoms with E-state index in [-0.39, 0.29) is 17.6 Å². The molecule has 0 saturated carbocycles. The van der Waals surface area contributed by atoms with Gasteiger partial charge in [-0.1, -0.05) is 24.3 Å². The molecule has 6 heteroatoms. The molecule has 0 bridgehead atoms. The molecule has 30 heavy (non-hydrogen) atoms. The molecule has 1 fully saturated rings. The zero-order valence-electron chi connectivity index (χ0n) is 16.4. The van der Waals surface area contributed by atoms with Gasteiger partial charge < -0.3 is 4.90 Å². The summed E-state index contributed by atoms with van der Waals surface area (Å²) in [6.45, 7) is 1.35. The first kappa shape index (κ1) is 18.5. The second kappa shape index (κ2) is 7.71. The number of aromatic nitrogens is 3. The number of piperidine rings is 1. The second-order valence-corrected chi connectivity index (χ2v) is 7.72. The fraction of sp³-hybridized carbons (Fsp3) is 0.208. The van der Waals surface area contributed by atoms with Crippen molar-refractivity contribution >= 4 is 16.7 Å². The molecule has 3 heterocycles. The van der Waals surface area contributed by atoms with Crippen molar-refractivity contribution in [1.29, 1.82) is 0 Å². The van der Waals surface area contributed by atoms with Crippen LogP contribution in [-0.2, 0) is 0 Å². The largest absolute Gasteiger partial charge is 0.337 e. The van der Waals surface area contributed by atoms with Gasteiger partial charge >= 0.3 is 0 Å². The zero-order chi connectivity index (χ0) is 20.5. The number of pyridine rings is 1. The minimum absolute atomic E-state index is 0.0382. The van der Waals surface area contributed by atoms with Crippen LogP contribution in [0.1, 0.15) is 34.9 Å². The Morgan fingerprint density at radius 2 is 1.87 bits per heavy atom. The molecule has 1 atom stereocenters. The maximum absolute atomic E-state index is 13.2. The van der Waals surface area contributed by atoms with Crippen molar-refractivity contribution < 1.29 is 9.18 Å². The first-order chi connectivity index (χ1) is 14.7. The molecule has 150 valence electrons. The first-order valence-electron chi connectivity index (χ1n) is 10.1. The third-order valence-corrected chi connectivity index (χ3v) is 5.74.